The summed E-state index contributed by atoms with van der Waals surface area (Å²) in [6, 6.07) is 2.98. The number of amides is 2. The summed E-state index contributed by atoms with van der Waals surface area (Å²) in [5, 5.41) is 6.62. The molecule has 0 bridgehead atoms. The topological polar surface area (TPSA) is 124 Å². The van der Waals surface area contributed by atoms with E-state index in [0.717, 1.165) is 85.1 Å². The quantitative estimate of drug-likeness (QED) is 0.278. The Morgan fingerprint density at radius 2 is 1.20 bits per heavy atom. The molecule has 0 saturated carbocycles. The Balaban J connectivity index is 1.33. The molecule has 9 nitrogen and oxygen atoms in total. The third-order valence-electron chi connectivity index (χ3n) is 7.33. The second-order valence-corrected chi connectivity index (χ2v) is 12.1. The van der Waals surface area contributed by atoms with E-state index in [1.165, 1.54) is 55.2 Å². The van der Waals surface area contributed by atoms with E-state index in [1.807, 2.05) is 0 Å². The Hall–Kier alpha value is -3.57. The highest BCUT2D eigenvalue weighted by Gasteiger charge is 2.28. The van der Waals surface area contributed by atoms with E-state index in [-0.39, 0.29) is 11.3 Å². The van der Waals surface area contributed by atoms with Crippen LogP contribution >= 0.6 is 22.7 Å². The van der Waals surface area contributed by atoms with Crippen molar-refractivity contribution in [3.63, 3.8) is 0 Å². The smallest absolute Gasteiger partial charge is 0.341 e. The van der Waals surface area contributed by atoms with Gasteiger partial charge in [0, 0.05) is 16.0 Å². The Labute approximate surface area is 240 Å². The van der Waals surface area contributed by atoms with Crippen LogP contribution in [-0.2, 0) is 35.2 Å². The van der Waals surface area contributed by atoms with Crippen LogP contribution in [0.2, 0.25) is 0 Å². The zero-order valence-corrected chi connectivity index (χ0v) is 24.1. The minimum Gasteiger partial charge on any atom is -0.465 e. The predicted molar refractivity (Wildman–Crippen MR) is 154 cm³/mol. The molecule has 5 rings (SSSR count). The molecule has 0 spiro atoms. The van der Waals surface area contributed by atoms with Gasteiger partial charge in [-0.1, -0.05) is 12.8 Å². The Morgan fingerprint density at radius 1 is 0.700 bits per heavy atom. The zero-order valence-electron chi connectivity index (χ0n) is 22.5. The second-order valence-electron chi connectivity index (χ2n) is 9.86. The van der Waals surface area contributed by atoms with Crippen molar-refractivity contribution >= 4 is 56.4 Å². The van der Waals surface area contributed by atoms with E-state index in [2.05, 4.69) is 15.6 Å². The number of nitrogens with one attached hydrogen (secondary N) is 2. The number of pyridine rings is 1. The number of methoxy groups -OCH3 is 2. The van der Waals surface area contributed by atoms with Gasteiger partial charge in [-0.2, -0.15) is 0 Å². The van der Waals surface area contributed by atoms with Crippen LogP contribution in [-0.4, -0.2) is 43.0 Å². The average molecular weight is 582 g/mol. The third kappa shape index (κ3) is 5.66. The molecule has 0 atom stereocenters. The fourth-order valence-electron chi connectivity index (χ4n) is 5.30. The molecule has 11 heteroatoms. The average Bonchev–Trinajstić information content (AvgIpc) is 3.25. The first kappa shape index (κ1) is 28.0. The van der Waals surface area contributed by atoms with Crippen LogP contribution in [0.5, 0.6) is 0 Å². The lowest BCUT2D eigenvalue weighted by Crippen LogP contribution is -2.18. The molecule has 0 radical (unpaired) electrons. The summed E-state index contributed by atoms with van der Waals surface area (Å²) in [7, 11) is 2.67. The lowest BCUT2D eigenvalue weighted by Gasteiger charge is -2.09. The van der Waals surface area contributed by atoms with E-state index in [9.17, 15) is 19.2 Å². The van der Waals surface area contributed by atoms with E-state index < -0.39 is 23.8 Å². The van der Waals surface area contributed by atoms with Gasteiger partial charge in [0.25, 0.3) is 11.8 Å². The molecule has 2 N–H and O–H groups in total. The highest BCUT2D eigenvalue weighted by atomic mass is 32.1. The van der Waals surface area contributed by atoms with Gasteiger partial charge >= 0.3 is 11.9 Å². The zero-order chi connectivity index (χ0) is 28.2. The van der Waals surface area contributed by atoms with Crippen molar-refractivity contribution in [1.82, 2.24) is 4.98 Å². The molecule has 0 aliphatic heterocycles. The maximum atomic E-state index is 13.1. The van der Waals surface area contributed by atoms with Crippen molar-refractivity contribution in [2.45, 2.75) is 64.2 Å². The molecule has 40 heavy (non-hydrogen) atoms. The lowest BCUT2D eigenvalue weighted by molar-refractivity contribution is 0.0592. The second kappa shape index (κ2) is 12.3. The molecule has 0 fully saturated rings. The Bertz CT molecular complexity index is 1350. The van der Waals surface area contributed by atoms with Crippen LogP contribution in [0.15, 0.2) is 18.3 Å². The largest absolute Gasteiger partial charge is 0.465 e. The first-order valence-corrected chi connectivity index (χ1v) is 15.1. The number of anilines is 2. The number of carbonyl (C=O) groups excluding carboxylic acids is 4. The van der Waals surface area contributed by atoms with Crippen LogP contribution in [0.3, 0.4) is 0 Å². The van der Waals surface area contributed by atoms with Crippen molar-refractivity contribution in [3.8, 4) is 0 Å². The van der Waals surface area contributed by atoms with Crippen LogP contribution < -0.4 is 10.6 Å². The lowest BCUT2D eigenvalue weighted by atomic mass is 10.1. The summed E-state index contributed by atoms with van der Waals surface area (Å²) in [5.41, 5.74) is 3.12. The maximum absolute atomic E-state index is 13.1. The fraction of sp³-hybridized carbons (Fsp3) is 0.414. The molecular weight excluding hydrogens is 550 g/mol. The first-order chi connectivity index (χ1) is 19.4. The standard InChI is InChI=1S/C29H31N3O6S2/c1-37-28(35)22-17-9-5-3-7-11-20(17)39-26(22)31-24(33)16-13-14-19(30-15-16)25(34)32-27-23(29(36)38-2)18-10-6-4-8-12-21(18)40-27/h13-15H,3-12H2,1-2H3,(H,31,33)(H,32,34). The van der Waals surface area contributed by atoms with E-state index in [4.69, 9.17) is 9.47 Å². The summed E-state index contributed by atoms with van der Waals surface area (Å²) in [6.07, 6.45) is 10.9. The summed E-state index contributed by atoms with van der Waals surface area (Å²) in [6.45, 7) is 0. The minimum atomic E-state index is -0.483. The maximum Gasteiger partial charge on any atom is 0.341 e. The molecule has 0 unspecified atom stereocenters. The summed E-state index contributed by atoms with van der Waals surface area (Å²) < 4.78 is 10.0. The van der Waals surface area contributed by atoms with Gasteiger partial charge in [0.15, 0.2) is 0 Å². The number of hydrogen-bond donors (Lipinski definition) is 2. The van der Waals surface area contributed by atoms with Gasteiger partial charge in [-0.05, 0) is 74.6 Å². The Kier molecular flexibility index (Phi) is 8.60. The fourth-order valence-corrected chi connectivity index (χ4v) is 7.85. The molecular formula is C29H31N3O6S2. The number of aromatic nitrogens is 1. The number of aryl methyl sites for hydroxylation is 2. The van der Waals surface area contributed by atoms with Crippen molar-refractivity contribution in [2.24, 2.45) is 0 Å². The molecule has 3 aromatic heterocycles. The van der Waals surface area contributed by atoms with Crippen molar-refractivity contribution in [1.29, 1.82) is 0 Å². The molecule has 3 aromatic rings. The number of ether oxygens (including phenoxy) is 2. The van der Waals surface area contributed by atoms with Crippen molar-refractivity contribution in [3.05, 3.63) is 61.6 Å². The SMILES string of the molecule is COC(=O)c1c(NC(=O)c2ccc(C(=O)Nc3sc4c(c3C(=O)OC)CCCCC4)nc2)sc2c1CCCCC2. The summed E-state index contributed by atoms with van der Waals surface area (Å²) in [4.78, 5) is 57.7. The van der Waals surface area contributed by atoms with Crippen molar-refractivity contribution < 1.29 is 28.7 Å². The van der Waals surface area contributed by atoms with Gasteiger partial charge in [-0.3, -0.25) is 14.6 Å². The van der Waals surface area contributed by atoms with Gasteiger partial charge in [0.05, 0.1) is 30.9 Å². The van der Waals surface area contributed by atoms with Crippen LogP contribution in [0.1, 0.15) is 101 Å². The molecule has 3 heterocycles. The highest BCUT2D eigenvalue weighted by Crippen LogP contribution is 2.39. The Morgan fingerprint density at radius 3 is 1.68 bits per heavy atom. The summed E-state index contributed by atoms with van der Waals surface area (Å²) >= 11 is 2.82. The van der Waals surface area contributed by atoms with Crippen LogP contribution in [0.4, 0.5) is 10.0 Å². The van der Waals surface area contributed by atoms with E-state index >= 15 is 0 Å². The number of thiophene rings is 2. The molecule has 2 amide bonds. The van der Waals surface area contributed by atoms with E-state index in [0.29, 0.717) is 21.1 Å². The molecule has 2 aliphatic rings. The number of nitrogens with zero attached hydrogens (tertiary/aromatic N) is 1. The molecule has 0 saturated heterocycles. The van der Waals surface area contributed by atoms with Gasteiger partial charge in [0.1, 0.15) is 15.7 Å². The monoisotopic (exact) mass is 581 g/mol. The summed E-state index contributed by atoms with van der Waals surface area (Å²) in [5.74, 6) is -1.84. The van der Waals surface area contributed by atoms with Gasteiger partial charge in [0.2, 0.25) is 0 Å². The highest BCUT2D eigenvalue weighted by molar-refractivity contribution is 7.17. The first-order valence-electron chi connectivity index (χ1n) is 13.5. The number of carbonyl (C=O) groups is 4. The number of hydrogen-bond acceptors (Lipinski definition) is 9. The molecule has 0 aromatic carbocycles. The van der Waals surface area contributed by atoms with Crippen molar-refractivity contribution in [2.75, 3.05) is 24.9 Å². The minimum absolute atomic E-state index is 0.106. The number of fused-ring (bicyclic) bond motifs is 2. The third-order valence-corrected chi connectivity index (χ3v) is 9.75. The number of rotatable bonds is 6. The van der Waals surface area contributed by atoms with Gasteiger partial charge < -0.3 is 20.1 Å². The predicted octanol–water partition coefficient (Wildman–Crippen LogP) is 5.82. The normalized spacial score (nSPS) is 14.7. The van der Waals surface area contributed by atoms with Crippen LogP contribution in [0.25, 0.3) is 0 Å². The molecule has 210 valence electrons. The number of esters is 2. The van der Waals surface area contributed by atoms with E-state index in [1.54, 1.807) is 0 Å². The van der Waals surface area contributed by atoms with Gasteiger partial charge in [-0.15, -0.1) is 22.7 Å². The van der Waals surface area contributed by atoms with Crippen LogP contribution in [0, 0.1) is 0 Å². The molecule has 2 aliphatic carbocycles. The van der Waals surface area contributed by atoms with Gasteiger partial charge in [-0.25, -0.2) is 9.59 Å².